The summed E-state index contributed by atoms with van der Waals surface area (Å²) >= 11 is 6.45. The fourth-order valence-electron chi connectivity index (χ4n) is 3.25. The highest BCUT2D eigenvalue weighted by molar-refractivity contribution is 6.32. The summed E-state index contributed by atoms with van der Waals surface area (Å²) in [4.78, 5) is 24.8. The van der Waals surface area contributed by atoms with Crippen LogP contribution in [0.15, 0.2) is 67.1 Å². The number of nitrogens with one attached hydrogen (secondary N) is 2. The summed E-state index contributed by atoms with van der Waals surface area (Å²) in [7, 11) is 0. The zero-order valence-corrected chi connectivity index (χ0v) is 19.5. The first-order valence-corrected chi connectivity index (χ1v) is 11.2. The van der Waals surface area contributed by atoms with Gasteiger partial charge in [-0.3, -0.25) is 9.78 Å². The number of carbonyl (C=O) groups excluding carboxylic acids is 1. The van der Waals surface area contributed by atoms with Crippen LogP contribution in [0, 0.1) is 12.3 Å². The van der Waals surface area contributed by atoms with E-state index in [0.717, 1.165) is 5.69 Å². The number of anilines is 2. The van der Waals surface area contributed by atoms with Crippen LogP contribution in [0.4, 0.5) is 11.5 Å². The lowest BCUT2D eigenvalue weighted by Gasteiger charge is -2.14. The van der Waals surface area contributed by atoms with Crippen molar-refractivity contribution in [3.8, 4) is 23.8 Å². The number of pyridine rings is 1. The van der Waals surface area contributed by atoms with E-state index in [-0.39, 0.29) is 25.5 Å². The van der Waals surface area contributed by atoms with Gasteiger partial charge in [-0.25, -0.2) is 9.97 Å². The molecule has 0 aliphatic rings. The van der Waals surface area contributed by atoms with Gasteiger partial charge in [-0.15, -0.1) is 6.42 Å². The SMILES string of the molecule is C#CCNC(=O)CCOc1cccc2ncnc(Nc3ccc(OCc4ccccn4)c(Cl)c3)c12. The van der Waals surface area contributed by atoms with Crippen LogP contribution in [-0.2, 0) is 11.4 Å². The second kappa shape index (κ2) is 11.7. The summed E-state index contributed by atoms with van der Waals surface area (Å²) in [5.41, 5.74) is 2.21. The molecular weight excluding hydrogens is 466 g/mol. The third kappa shape index (κ3) is 6.37. The van der Waals surface area contributed by atoms with E-state index in [0.29, 0.717) is 45.5 Å². The van der Waals surface area contributed by atoms with Crippen LogP contribution in [0.3, 0.4) is 0 Å². The number of hydrogen-bond donors (Lipinski definition) is 2. The van der Waals surface area contributed by atoms with Crippen molar-refractivity contribution in [2.24, 2.45) is 0 Å². The Morgan fingerprint density at radius 2 is 1.94 bits per heavy atom. The zero-order valence-electron chi connectivity index (χ0n) is 18.7. The molecule has 2 aromatic carbocycles. The highest BCUT2D eigenvalue weighted by atomic mass is 35.5. The van der Waals surface area contributed by atoms with Crippen LogP contribution in [0.5, 0.6) is 11.5 Å². The molecule has 0 fully saturated rings. The topological polar surface area (TPSA) is 98.3 Å². The predicted molar refractivity (Wildman–Crippen MR) is 135 cm³/mol. The highest BCUT2D eigenvalue weighted by Crippen LogP contribution is 2.34. The summed E-state index contributed by atoms with van der Waals surface area (Å²) in [5, 5.41) is 7.01. The van der Waals surface area contributed by atoms with Crippen molar-refractivity contribution in [1.29, 1.82) is 0 Å². The standard InChI is InChI=1S/C26H22ClN5O3/c1-2-12-29-24(33)11-14-34-23-8-5-7-21-25(23)26(31-17-30-21)32-18-9-10-22(20(27)15-18)35-16-19-6-3-4-13-28-19/h1,3-10,13,15,17H,11-12,14,16H2,(H,29,33)(H,30,31,32). The van der Waals surface area contributed by atoms with Gasteiger partial charge >= 0.3 is 0 Å². The van der Waals surface area contributed by atoms with E-state index in [2.05, 4.69) is 31.5 Å². The summed E-state index contributed by atoms with van der Waals surface area (Å²) in [6.45, 7) is 0.674. The van der Waals surface area contributed by atoms with Gasteiger partial charge in [-0.2, -0.15) is 0 Å². The number of aromatic nitrogens is 3. The number of nitrogens with zero attached hydrogens (tertiary/aromatic N) is 3. The van der Waals surface area contributed by atoms with Crippen molar-refractivity contribution < 1.29 is 14.3 Å². The van der Waals surface area contributed by atoms with Gasteiger partial charge in [-0.05, 0) is 42.5 Å². The number of hydrogen-bond acceptors (Lipinski definition) is 7. The van der Waals surface area contributed by atoms with Gasteiger partial charge < -0.3 is 20.1 Å². The lowest BCUT2D eigenvalue weighted by Crippen LogP contribution is -2.25. The number of benzene rings is 2. The van der Waals surface area contributed by atoms with Gasteiger partial charge in [0.25, 0.3) is 0 Å². The van der Waals surface area contributed by atoms with Crippen LogP contribution < -0.4 is 20.1 Å². The van der Waals surface area contributed by atoms with Crippen molar-refractivity contribution in [3.05, 3.63) is 77.8 Å². The maximum atomic E-state index is 11.8. The maximum absolute atomic E-state index is 11.8. The molecule has 9 heteroatoms. The molecule has 176 valence electrons. The number of terminal acetylenes is 1. The Balaban J connectivity index is 1.48. The quantitative estimate of drug-likeness (QED) is 0.317. The number of fused-ring (bicyclic) bond motifs is 1. The molecular formula is C26H22ClN5O3. The Morgan fingerprint density at radius 1 is 1.03 bits per heavy atom. The number of carbonyl (C=O) groups is 1. The minimum absolute atomic E-state index is 0.171. The summed E-state index contributed by atoms with van der Waals surface area (Å²) in [6.07, 6.45) is 8.51. The largest absolute Gasteiger partial charge is 0.492 e. The molecule has 0 atom stereocenters. The van der Waals surface area contributed by atoms with Gasteiger partial charge in [0, 0.05) is 11.9 Å². The minimum Gasteiger partial charge on any atom is -0.492 e. The van der Waals surface area contributed by atoms with Crippen LogP contribution in [0.1, 0.15) is 12.1 Å². The summed E-state index contributed by atoms with van der Waals surface area (Å²) in [5.74, 6) is 3.82. The molecule has 8 nitrogen and oxygen atoms in total. The van der Waals surface area contributed by atoms with Crippen LogP contribution >= 0.6 is 11.6 Å². The van der Waals surface area contributed by atoms with Gasteiger partial charge in [0.2, 0.25) is 5.91 Å². The van der Waals surface area contributed by atoms with Crippen molar-refractivity contribution in [1.82, 2.24) is 20.3 Å². The molecule has 4 rings (SSSR count). The van der Waals surface area contributed by atoms with Crippen LogP contribution in [0.2, 0.25) is 5.02 Å². The molecule has 1 amide bonds. The summed E-state index contributed by atoms with van der Waals surface area (Å²) < 4.78 is 11.7. The van der Waals surface area contributed by atoms with Gasteiger partial charge in [0.1, 0.15) is 30.3 Å². The Hall–Kier alpha value is -4.35. The molecule has 0 saturated carbocycles. The highest BCUT2D eigenvalue weighted by Gasteiger charge is 2.12. The second-order valence-corrected chi connectivity index (χ2v) is 7.74. The van der Waals surface area contributed by atoms with Gasteiger partial charge in [-0.1, -0.05) is 29.7 Å². The average Bonchev–Trinajstić information content (AvgIpc) is 2.88. The Kier molecular flexibility index (Phi) is 7.94. The first-order chi connectivity index (χ1) is 17.1. The van der Waals surface area contributed by atoms with Crippen molar-refractivity contribution in [3.63, 3.8) is 0 Å². The second-order valence-electron chi connectivity index (χ2n) is 7.33. The molecule has 0 spiro atoms. The first-order valence-electron chi connectivity index (χ1n) is 10.8. The zero-order chi connectivity index (χ0) is 24.5. The molecule has 0 radical (unpaired) electrons. The lowest BCUT2D eigenvalue weighted by atomic mass is 10.2. The van der Waals surface area contributed by atoms with Gasteiger partial charge in [0.05, 0.1) is 41.2 Å². The fourth-order valence-corrected chi connectivity index (χ4v) is 3.49. The molecule has 0 saturated heterocycles. The van der Waals surface area contributed by atoms with Crippen molar-refractivity contribution in [2.75, 3.05) is 18.5 Å². The monoisotopic (exact) mass is 487 g/mol. The fraction of sp³-hybridized carbons (Fsp3) is 0.154. The number of rotatable bonds is 10. The van der Waals surface area contributed by atoms with Crippen LogP contribution in [0.25, 0.3) is 10.9 Å². The molecule has 2 heterocycles. The van der Waals surface area contributed by atoms with E-state index in [1.54, 1.807) is 24.4 Å². The van der Waals surface area contributed by atoms with E-state index in [9.17, 15) is 4.79 Å². The van der Waals surface area contributed by atoms with E-state index >= 15 is 0 Å². The third-order valence-corrected chi connectivity index (χ3v) is 5.19. The molecule has 0 bridgehead atoms. The Labute approximate surface area is 207 Å². The minimum atomic E-state index is -0.183. The normalized spacial score (nSPS) is 10.4. The predicted octanol–water partition coefficient (Wildman–Crippen LogP) is 4.52. The van der Waals surface area contributed by atoms with E-state index < -0.39 is 0 Å². The van der Waals surface area contributed by atoms with E-state index in [4.69, 9.17) is 27.5 Å². The first kappa shape index (κ1) is 23.8. The maximum Gasteiger partial charge on any atom is 0.224 e. The molecule has 2 aromatic heterocycles. The third-order valence-electron chi connectivity index (χ3n) is 4.90. The Bertz CT molecular complexity index is 1350. The van der Waals surface area contributed by atoms with E-state index in [1.165, 1.54) is 6.33 Å². The molecule has 0 aliphatic carbocycles. The average molecular weight is 488 g/mol. The molecule has 0 unspecified atom stereocenters. The molecule has 35 heavy (non-hydrogen) atoms. The van der Waals surface area contributed by atoms with Crippen molar-refractivity contribution in [2.45, 2.75) is 13.0 Å². The molecule has 2 N–H and O–H groups in total. The summed E-state index contributed by atoms with van der Waals surface area (Å²) in [6, 6.07) is 16.5. The van der Waals surface area contributed by atoms with Crippen molar-refractivity contribution >= 4 is 39.9 Å². The molecule has 0 aliphatic heterocycles. The number of ether oxygens (including phenoxy) is 2. The molecule has 4 aromatic rings. The van der Waals surface area contributed by atoms with E-state index in [1.807, 2.05) is 36.4 Å². The number of halogens is 1. The van der Waals surface area contributed by atoms with Gasteiger partial charge in [0.15, 0.2) is 0 Å². The Morgan fingerprint density at radius 3 is 2.74 bits per heavy atom. The number of amides is 1. The smallest absolute Gasteiger partial charge is 0.224 e. The lowest BCUT2D eigenvalue weighted by molar-refractivity contribution is -0.121. The van der Waals surface area contributed by atoms with Crippen LogP contribution in [-0.4, -0.2) is 34.0 Å².